The smallest absolute Gasteiger partial charge is 0.262 e. The second-order valence-corrected chi connectivity index (χ2v) is 3.83. The third-order valence-electron chi connectivity index (χ3n) is 2.29. The highest BCUT2D eigenvalue weighted by Crippen LogP contribution is 2.06. The van der Waals surface area contributed by atoms with E-state index in [2.05, 4.69) is 30.2 Å². The summed E-state index contributed by atoms with van der Waals surface area (Å²) in [4.78, 5) is 31.5. The summed E-state index contributed by atoms with van der Waals surface area (Å²) >= 11 is 0. The van der Waals surface area contributed by atoms with Crippen LogP contribution in [0.2, 0.25) is 0 Å². The summed E-state index contributed by atoms with van der Waals surface area (Å²) in [5.74, 6) is -0.463. The van der Waals surface area contributed by atoms with Crippen molar-refractivity contribution in [1.29, 1.82) is 0 Å². The summed E-state index contributed by atoms with van der Waals surface area (Å²) < 4.78 is 0. The van der Waals surface area contributed by atoms with Crippen molar-refractivity contribution in [3.8, 4) is 0 Å². The Morgan fingerprint density at radius 1 is 1.14 bits per heavy atom. The number of aliphatic hydroxyl groups is 1. The van der Waals surface area contributed by atoms with Crippen molar-refractivity contribution >= 4 is 24.0 Å². The number of carbonyl (C=O) groups is 1. The molecule has 0 spiro atoms. The molecule has 0 aliphatic rings. The average Bonchev–Trinajstić information content (AvgIpc) is 2.49. The van der Waals surface area contributed by atoms with E-state index < -0.39 is 5.91 Å². The number of aromatic nitrogens is 4. The monoisotopic (exact) mass is 284 g/mol. The van der Waals surface area contributed by atoms with Crippen LogP contribution in [0.4, 0.5) is 11.9 Å². The molecule has 8 heteroatoms. The quantitative estimate of drug-likeness (QED) is 0.499. The van der Waals surface area contributed by atoms with Crippen molar-refractivity contribution in [1.82, 2.24) is 19.9 Å². The Morgan fingerprint density at radius 2 is 1.71 bits per heavy atom. The van der Waals surface area contributed by atoms with Crippen LogP contribution in [0.1, 0.15) is 6.92 Å². The molecule has 0 saturated heterocycles. The van der Waals surface area contributed by atoms with Crippen molar-refractivity contribution in [2.45, 2.75) is 6.92 Å². The molecule has 0 unspecified atom stereocenters. The molecule has 106 valence electrons. The van der Waals surface area contributed by atoms with Crippen LogP contribution in [0.5, 0.6) is 0 Å². The fourth-order valence-corrected chi connectivity index (χ4v) is 1.33. The van der Waals surface area contributed by atoms with Crippen molar-refractivity contribution in [3.05, 3.63) is 48.3 Å². The molecule has 0 aliphatic carbocycles. The van der Waals surface area contributed by atoms with Crippen molar-refractivity contribution in [2.75, 3.05) is 5.32 Å². The van der Waals surface area contributed by atoms with E-state index in [9.17, 15) is 9.90 Å². The molecule has 0 bridgehead atoms. The molecule has 0 radical (unpaired) electrons. The average molecular weight is 284 g/mol. The largest absolute Gasteiger partial charge is 0.512 e. The third kappa shape index (κ3) is 4.16. The maximum atomic E-state index is 12.0. The molecule has 1 amide bonds. The van der Waals surface area contributed by atoms with Gasteiger partial charge in [0.1, 0.15) is 5.76 Å². The van der Waals surface area contributed by atoms with Crippen LogP contribution in [-0.4, -0.2) is 37.2 Å². The van der Waals surface area contributed by atoms with Gasteiger partial charge in [-0.15, -0.1) is 0 Å². The van der Waals surface area contributed by atoms with Crippen LogP contribution in [0.3, 0.4) is 0 Å². The van der Waals surface area contributed by atoms with Gasteiger partial charge in [0, 0.05) is 31.0 Å². The Morgan fingerprint density at radius 3 is 2.29 bits per heavy atom. The highest BCUT2D eigenvalue weighted by Gasteiger charge is 2.12. The lowest BCUT2D eigenvalue weighted by Crippen LogP contribution is -2.18. The normalized spacial score (nSPS) is 12.0. The first-order valence-corrected chi connectivity index (χ1v) is 5.96. The van der Waals surface area contributed by atoms with E-state index in [0.29, 0.717) is 0 Å². The highest BCUT2D eigenvalue weighted by molar-refractivity contribution is 6.17. The predicted molar refractivity (Wildman–Crippen MR) is 76.2 cm³/mol. The van der Waals surface area contributed by atoms with Crippen LogP contribution < -0.4 is 5.32 Å². The van der Waals surface area contributed by atoms with Gasteiger partial charge in [-0.05, 0) is 19.1 Å². The zero-order valence-electron chi connectivity index (χ0n) is 11.1. The standard InChI is InChI=1S/C13H12N6O2/c1-9(20)10(8-18-12-14-4-2-5-15-12)11(21)19-13-16-6-3-7-17-13/h2-8,20H,1H3,(H,16,17,19,21)/b10-9-,18-8+. The number of hydrogen-bond acceptors (Lipinski definition) is 7. The van der Waals surface area contributed by atoms with Crippen LogP contribution in [0.15, 0.2) is 53.2 Å². The molecule has 2 aromatic heterocycles. The molecule has 2 heterocycles. The van der Waals surface area contributed by atoms with E-state index >= 15 is 0 Å². The Hall–Kier alpha value is -3.16. The minimum Gasteiger partial charge on any atom is -0.512 e. The maximum Gasteiger partial charge on any atom is 0.262 e. The van der Waals surface area contributed by atoms with Crippen LogP contribution in [0, 0.1) is 0 Å². The zero-order chi connectivity index (χ0) is 15.1. The highest BCUT2D eigenvalue weighted by atomic mass is 16.3. The molecular weight excluding hydrogens is 272 g/mol. The van der Waals surface area contributed by atoms with Crippen molar-refractivity contribution in [3.63, 3.8) is 0 Å². The molecule has 0 fully saturated rings. The Balaban J connectivity index is 2.15. The number of nitrogens with zero attached hydrogens (tertiary/aromatic N) is 5. The van der Waals surface area contributed by atoms with E-state index in [1.807, 2.05) is 0 Å². The molecule has 0 aromatic carbocycles. The number of aliphatic hydroxyl groups excluding tert-OH is 1. The summed E-state index contributed by atoms with van der Waals surface area (Å²) in [7, 11) is 0. The molecule has 21 heavy (non-hydrogen) atoms. The van der Waals surface area contributed by atoms with Gasteiger partial charge in [0.15, 0.2) is 0 Å². The maximum absolute atomic E-state index is 12.0. The number of hydrogen-bond donors (Lipinski definition) is 2. The van der Waals surface area contributed by atoms with Crippen molar-refractivity contribution in [2.24, 2.45) is 4.99 Å². The molecule has 2 aromatic rings. The number of carbonyl (C=O) groups excluding carboxylic acids is 1. The first kappa shape index (κ1) is 14.3. The minimum atomic E-state index is -0.583. The molecule has 2 rings (SSSR count). The first-order chi connectivity index (χ1) is 10.2. The second kappa shape index (κ2) is 6.85. The zero-order valence-corrected chi connectivity index (χ0v) is 11.1. The van der Waals surface area contributed by atoms with E-state index in [0.717, 1.165) is 0 Å². The predicted octanol–water partition coefficient (Wildman–Crippen LogP) is 1.44. The summed E-state index contributed by atoms with van der Waals surface area (Å²) in [6.07, 6.45) is 7.20. The number of nitrogens with one attached hydrogen (secondary N) is 1. The number of allylic oxidation sites excluding steroid dienone is 1. The molecule has 8 nitrogen and oxygen atoms in total. The Kier molecular flexibility index (Phi) is 4.65. The summed E-state index contributed by atoms with van der Waals surface area (Å²) in [6.45, 7) is 1.37. The molecule has 2 N–H and O–H groups in total. The van der Waals surface area contributed by atoms with Crippen LogP contribution in [0.25, 0.3) is 0 Å². The fourth-order valence-electron chi connectivity index (χ4n) is 1.33. The van der Waals surface area contributed by atoms with Gasteiger partial charge in [-0.1, -0.05) is 0 Å². The molecule has 0 aliphatic heterocycles. The Labute approximate surface area is 120 Å². The summed E-state index contributed by atoms with van der Waals surface area (Å²) in [5, 5.41) is 12.0. The first-order valence-electron chi connectivity index (χ1n) is 5.96. The lowest BCUT2D eigenvalue weighted by molar-refractivity contribution is -0.112. The number of anilines is 1. The topological polar surface area (TPSA) is 113 Å². The molecular formula is C13H12N6O2. The lowest BCUT2D eigenvalue weighted by atomic mass is 10.2. The number of amides is 1. The van der Waals surface area contributed by atoms with E-state index in [1.165, 1.54) is 37.9 Å². The lowest BCUT2D eigenvalue weighted by Gasteiger charge is -2.04. The van der Waals surface area contributed by atoms with Gasteiger partial charge in [-0.2, -0.15) is 0 Å². The number of aliphatic imine (C=N–C) groups is 1. The second-order valence-electron chi connectivity index (χ2n) is 3.83. The fraction of sp³-hybridized carbons (Fsp3) is 0.0769. The van der Waals surface area contributed by atoms with Crippen LogP contribution >= 0.6 is 0 Å². The summed E-state index contributed by atoms with van der Waals surface area (Å²) in [5.41, 5.74) is -0.0325. The van der Waals surface area contributed by atoms with Gasteiger partial charge < -0.3 is 5.11 Å². The minimum absolute atomic E-state index is 0.0325. The summed E-state index contributed by atoms with van der Waals surface area (Å²) in [6, 6.07) is 3.27. The van der Waals surface area contributed by atoms with Gasteiger partial charge in [0.05, 0.1) is 5.57 Å². The molecule has 0 atom stereocenters. The van der Waals surface area contributed by atoms with Gasteiger partial charge in [-0.25, -0.2) is 24.9 Å². The third-order valence-corrected chi connectivity index (χ3v) is 2.29. The van der Waals surface area contributed by atoms with Crippen molar-refractivity contribution < 1.29 is 9.90 Å². The van der Waals surface area contributed by atoms with E-state index in [-0.39, 0.29) is 23.2 Å². The van der Waals surface area contributed by atoms with E-state index in [1.54, 1.807) is 12.1 Å². The number of rotatable bonds is 4. The Bertz CT molecular complexity index is 666. The van der Waals surface area contributed by atoms with Gasteiger partial charge in [-0.3, -0.25) is 10.1 Å². The SMILES string of the molecule is C/C(O)=C(\C=N\c1ncccn1)C(=O)Nc1ncccn1. The molecule has 0 saturated carbocycles. The van der Waals surface area contributed by atoms with Crippen LogP contribution in [-0.2, 0) is 4.79 Å². The van der Waals surface area contributed by atoms with Gasteiger partial charge in [0.25, 0.3) is 5.91 Å². The van der Waals surface area contributed by atoms with Gasteiger partial charge >= 0.3 is 0 Å². The van der Waals surface area contributed by atoms with Gasteiger partial charge in [0.2, 0.25) is 11.9 Å². The van der Waals surface area contributed by atoms with E-state index in [4.69, 9.17) is 0 Å².